The number of hydrogen-bond acceptors (Lipinski definition) is 9. The highest BCUT2D eigenvalue weighted by atomic mass is 16.5. The summed E-state index contributed by atoms with van der Waals surface area (Å²) in [5.74, 6) is 2.63. The second-order valence-electron chi connectivity index (χ2n) is 6.93. The number of hydrogen-bond donors (Lipinski definition) is 1. The molecule has 0 radical (unpaired) electrons. The van der Waals surface area contributed by atoms with Crippen LogP contribution in [0.15, 0.2) is 40.9 Å². The van der Waals surface area contributed by atoms with Crippen molar-refractivity contribution in [3.05, 3.63) is 48.0 Å². The van der Waals surface area contributed by atoms with Crippen molar-refractivity contribution in [1.29, 1.82) is 0 Å². The zero-order valence-corrected chi connectivity index (χ0v) is 16.3. The van der Waals surface area contributed by atoms with Gasteiger partial charge in [0, 0.05) is 12.7 Å². The van der Waals surface area contributed by atoms with E-state index in [9.17, 15) is 0 Å². The maximum absolute atomic E-state index is 5.94. The molecule has 0 bridgehead atoms. The van der Waals surface area contributed by atoms with Gasteiger partial charge in [-0.3, -0.25) is 0 Å². The van der Waals surface area contributed by atoms with E-state index in [4.69, 9.17) is 24.4 Å². The average molecular weight is 408 g/mol. The molecule has 2 N–H and O–H groups in total. The predicted molar refractivity (Wildman–Crippen MR) is 106 cm³/mol. The van der Waals surface area contributed by atoms with Crippen LogP contribution in [0.4, 0.5) is 5.95 Å². The second kappa shape index (κ2) is 7.73. The third-order valence-electron chi connectivity index (χ3n) is 4.66. The number of furan rings is 1. The summed E-state index contributed by atoms with van der Waals surface area (Å²) in [6, 6.07) is 9.15. The Hall–Kier alpha value is -3.50. The molecule has 0 aliphatic carbocycles. The van der Waals surface area contributed by atoms with Gasteiger partial charge in [-0.15, -0.1) is 0 Å². The second-order valence-corrected chi connectivity index (χ2v) is 6.93. The molecule has 30 heavy (non-hydrogen) atoms. The summed E-state index contributed by atoms with van der Waals surface area (Å²) in [6.07, 6.45) is 2.56. The SMILES string of the molecule is Cc1ccc(-c2nc(N)nc3c(Oc4cccc(CO[C@@H]5CCOC5)n4)cnn23)o1. The van der Waals surface area contributed by atoms with Crippen LogP contribution in [0.5, 0.6) is 11.6 Å². The largest absolute Gasteiger partial charge is 0.458 e. The van der Waals surface area contributed by atoms with Gasteiger partial charge in [0.2, 0.25) is 23.3 Å². The van der Waals surface area contributed by atoms with E-state index in [1.54, 1.807) is 18.3 Å². The van der Waals surface area contributed by atoms with Crippen LogP contribution in [0, 0.1) is 6.92 Å². The van der Waals surface area contributed by atoms with Gasteiger partial charge in [0.05, 0.1) is 31.2 Å². The summed E-state index contributed by atoms with van der Waals surface area (Å²) < 4.78 is 24.3. The van der Waals surface area contributed by atoms with Crippen molar-refractivity contribution in [2.75, 3.05) is 18.9 Å². The fourth-order valence-corrected chi connectivity index (χ4v) is 3.22. The Bertz CT molecular complexity index is 1180. The van der Waals surface area contributed by atoms with Crippen LogP contribution in [0.25, 0.3) is 17.2 Å². The van der Waals surface area contributed by atoms with Crippen LogP contribution in [-0.2, 0) is 16.1 Å². The molecule has 5 heterocycles. The van der Waals surface area contributed by atoms with Crippen LogP contribution >= 0.6 is 0 Å². The lowest BCUT2D eigenvalue weighted by Gasteiger charge is -2.10. The molecule has 10 heteroatoms. The van der Waals surface area contributed by atoms with E-state index < -0.39 is 0 Å². The number of nitrogen functional groups attached to an aromatic ring is 1. The molecule has 1 aliphatic rings. The average Bonchev–Trinajstić information content (AvgIpc) is 3.48. The Morgan fingerprint density at radius 2 is 2.13 bits per heavy atom. The van der Waals surface area contributed by atoms with Crippen molar-refractivity contribution < 1.29 is 18.6 Å². The molecule has 0 aromatic carbocycles. The van der Waals surface area contributed by atoms with Crippen LogP contribution in [-0.4, -0.2) is 43.9 Å². The predicted octanol–water partition coefficient (Wildman–Crippen LogP) is 2.77. The van der Waals surface area contributed by atoms with Gasteiger partial charge in [-0.25, -0.2) is 4.98 Å². The first-order valence-corrected chi connectivity index (χ1v) is 9.57. The first-order chi connectivity index (χ1) is 14.7. The molecular weight excluding hydrogens is 388 g/mol. The third-order valence-corrected chi connectivity index (χ3v) is 4.66. The van der Waals surface area contributed by atoms with Gasteiger partial charge in [-0.1, -0.05) is 6.07 Å². The number of anilines is 1. The topological polar surface area (TPSA) is 123 Å². The van der Waals surface area contributed by atoms with E-state index >= 15 is 0 Å². The monoisotopic (exact) mass is 408 g/mol. The fraction of sp³-hybridized carbons (Fsp3) is 0.300. The zero-order chi connectivity index (χ0) is 20.5. The number of aromatic nitrogens is 5. The lowest BCUT2D eigenvalue weighted by Crippen LogP contribution is -2.12. The van der Waals surface area contributed by atoms with Gasteiger partial charge in [-0.2, -0.15) is 19.6 Å². The van der Waals surface area contributed by atoms with Gasteiger partial charge < -0.3 is 24.4 Å². The number of pyridine rings is 1. The molecule has 5 rings (SSSR count). The van der Waals surface area contributed by atoms with Crippen LogP contribution in [0.1, 0.15) is 17.9 Å². The summed E-state index contributed by atoms with van der Waals surface area (Å²) >= 11 is 0. The number of ether oxygens (including phenoxy) is 3. The van der Waals surface area contributed by atoms with Crippen molar-refractivity contribution >= 4 is 11.6 Å². The maximum atomic E-state index is 5.94. The van der Waals surface area contributed by atoms with Crippen molar-refractivity contribution in [3.63, 3.8) is 0 Å². The minimum absolute atomic E-state index is 0.0887. The molecule has 1 atom stereocenters. The first-order valence-electron chi connectivity index (χ1n) is 9.57. The minimum Gasteiger partial charge on any atom is -0.458 e. The number of aryl methyl sites for hydroxylation is 1. The smallest absolute Gasteiger partial charge is 0.224 e. The number of nitrogens with two attached hydrogens (primary N) is 1. The Kier molecular flexibility index (Phi) is 4.77. The number of fused-ring (bicyclic) bond motifs is 1. The molecule has 1 saturated heterocycles. The van der Waals surface area contributed by atoms with Crippen LogP contribution in [0.3, 0.4) is 0 Å². The van der Waals surface area contributed by atoms with E-state index in [0.29, 0.717) is 42.1 Å². The molecule has 1 fully saturated rings. The third kappa shape index (κ3) is 3.70. The minimum atomic E-state index is 0.0887. The van der Waals surface area contributed by atoms with Gasteiger partial charge >= 0.3 is 0 Å². The van der Waals surface area contributed by atoms with Gasteiger partial charge in [-0.05, 0) is 31.5 Å². The van der Waals surface area contributed by atoms with E-state index in [1.807, 2.05) is 25.1 Å². The quantitative estimate of drug-likeness (QED) is 0.513. The fourth-order valence-electron chi connectivity index (χ4n) is 3.22. The Balaban J connectivity index is 1.40. The van der Waals surface area contributed by atoms with Gasteiger partial charge in [0.15, 0.2) is 11.5 Å². The van der Waals surface area contributed by atoms with Gasteiger partial charge in [0.25, 0.3) is 0 Å². The first kappa shape index (κ1) is 18.5. The van der Waals surface area contributed by atoms with Crippen molar-refractivity contribution in [2.45, 2.75) is 26.1 Å². The van der Waals surface area contributed by atoms with Crippen LogP contribution < -0.4 is 10.5 Å². The van der Waals surface area contributed by atoms with E-state index in [0.717, 1.165) is 24.5 Å². The molecule has 1 aliphatic heterocycles. The highest BCUT2D eigenvalue weighted by molar-refractivity contribution is 5.61. The highest BCUT2D eigenvalue weighted by Crippen LogP contribution is 2.28. The Morgan fingerprint density at radius 3 is 2.93 bits per heavy atom. The Labute approximate surface area is 171 Å². The lowest BCUT2D eigenvalue weighted by molar-refractivity contribution is 0.0300. The molecule has 4 aromatic heterocycles. The lowest BCUT2D eigenvalue weighted by atomic mass is 10.3. The van der Waals surface area contributed by atoms with E-state index in [1.165, 1.54) is 4.52 Å². The number of rotatable bonds is 6. The summed E-state index contributed by atoms with van der Waals surface area (Å²) in [5, 5.41) is 4.34. The zero-order valence-electron chi connectivity index (χ0n) is 16.3. The molecular formula is C20H20N6O4. The number of nitrogens with zero attached hydrogens (tertiary/aromatic N) is 5. The molecule has 0 unspecified atom stereocenters. The van der Waals surface area contributed by atoms with Crippen molar-refractivity contribution in [3.8, 4) is 23.2 Å². The van der Waals surface area contributed by atoms with Crippen molar-refractivity contribution in [2.24, 2.45) is 0 Å². The summed E-state index contributed by atoms with van der Waals surface area (Å²) in [4.78, 5) is 13.0. The van der Waals surface area contributed by atoms with E-state index in [-0.39, 0.29) is 12.1 Å². The normalized spacial score (nSPS) is 16.4. The molecule has 154 valence electrons. The molecule has 4 aromatic rings. The Morgan fingerprint density at radius 1 is 1.20 bits per heavy atom. The summed E-state index contributed by atoms with van der Waals surface area (Å²) in [7, 11) is 0. The molecule has 10 nitrogen and oxygen atoms in total. The van der Waals surface area contributed by atoms with E-state index in [2.05, 4.69) is 20.1 Å². The molecule has 0 spiro atoms. The standard InChI is InChI=1S/C20H20N6O4/c1-12-5-6-15(29-12)18-24-20(21)25-19-16(9-22-26(18)19)30-17-4-2-3-13(23-17)10-28-14-7-8-27-11-14/h2-6,9,14H,7-8,10-11H2,1H3,(H2,21,25)/t14-/m1/s1. The molecule has 0 saturated carbocycles. The van der Waals surface area contributed by atoms with Crippen LogP contribution in [0.2, 0.25) is 0 Å². The molecule has 0 amide bonds. The summed E-state index contributed by atoms with van der Waals surface area (Å²) in [6.45, 7) is 3.60. The summed E-state index contributed by atoms with van der Waals surface area (Å²) in [5.41, 5.74) is 7.09. The maximum Gasteiger partial charge on any atom is 0.224 e. The van der Waals surface area contributed by atoms with Gasteiger partial charge in [0.1, 0.15) is 5.76 Å². The highest BCUT2D eigenvalue weighted by Gasteiger charge is 2.18. The van der Waals surface area contributed by atoms with Crippen molar-refractivity contribution in [1.82, 2.24) is 24.6 Å².